The molecule has 1 unspecified atom stereocenters. The number of carbonyl (C=O) groups excluding carboxylic acids is 1. The molecule has 0 aromatic heterocycles. The summed E-state index contributed by atoms with van der Waals surface area (Å²) in [6.45, 7) is 6.16. The maximum Gasteiger partial charge on any atom is 0.258 e. The van der Waals surface area contributed by atoms with Gasteiger partial charge in [0.05, 0.1) is 5.56 Å². The van der Waals surface area contributed by atoms with Gasteiger partial charge in [0.2, 0.25) is 0 Å². The lowest BCUT2D eigenvalue weighted by Crippen LogP contribution is -2.15. The van der Waals surface area contributed by atoms with Crippen molar-refractivity contribution in [3.63, 3.8) is 0 Å². The first-order chi connectivity index (χ1) is 10.9. The van der Waals surface area contributed by atoms with Crippen LogP contribution in [0.4, 0.5) is 14.5 Å². The quantitative estimate of drug-likeness (QED) is 0.740. The van der Waals surface area contributed by atoms with Crippen molar-refractivity contribution in [3.8, 4) is 0 Å². The Labute approximate surface area is 139 Å². The zero-order valence-corrected chi connectivity index (χ0v) is 14.1. The van der Waals surface area contributed by atoms with Crippen LogP contribution in [0.2, 0.25) is 0 Å². The van der Waals surface area contributed by atoms with E-state index in [0.717, 1.165) is 22.9 Å². The lowest BCUT2D eigenvalue weighted by Gasteiger charge is -2.12. The highest BCUT2D eigenvalue weighted by Crippen LogP contribution is 2.28. The molecule has 122 valence electrons. The van der Waals surface area contributed by atoms with E-state index in [1.54, 1.807) is 17.8 Å². The zero-order valence-electron chi connectivity index (χ0n) is 13.3. The summed E-state index contributed by atoms with van der Waals surface area (Å²) in [6.07, 6.45) is 1.07. The Morgan fingerprint density at radius 3 is 2.65 bits per heavy atom. The Morgan fingerprint density at radius 2 is 2.00 bits per heavy atom. The molecule has 2 aromatic carbocycles. The minimum Gasteiger partial charge on any atom is -0.322 e. The van der Waals surface area contributed by atoms with Crippen LogP contribution in [-0.4, -0.2) is 11.2 Å². The van der Waals surface area contributed by atoms with Crippen molar-refractivity contribution >= 4 is 23.4 Å². The lowest BCUT2D eigenvalue weighted by molar-refractivity contribution is 0.102. The van der Waals surface area contributed by atoms with Crippen LogP contribution in [0.15, 0.2) is 41.3 Å². The molecule has 0 aliphatic heterocycles. The number of hydrogen-bond donors (Lipinski definition) is 1. The maximum absolute atomic E-state index is 13.7. The van der Waals surface area contributed by atoms with Gasteiger partial charge in [0.1, 0.15) is 0 Å². The molecule has 1 N–H and O–H groups in total. The molecule has 0 saturated heterocycles. The monoisotopic (exact) mass is 335 g/mol. The smallest absolute Gasteiger partial charge is 0.258 e. The zero-order chi connectivity index (χ0) is 17.0. The minimum absolute atomic E-state index is 0.303. The van der Waals surface area contributed by atoms with E-state index in [2.05, 4.69) is 19.2 Å². The summed E-state index contributed by atoms with van der Waals surface area (Å²) in [4.78, 5) is 13.2. The van der Waals surface area contributed by atoms with E-state index in [1.807, 2.05) is 19.1 Å². The molecule has 2 nitrogen and oxygen atoms in total. The van der Waals surface area contributed by atoms with Gasteiger partial charge in [-0.3, -0.25) is 4.79 Å². The number of carbonyl (C=O) groups is 1. The number of aryl methyl sites for hydroxylation is 1. The molecule has 0 radical (unpaired) electrons. The van der Waals surface area contributed by atoms with Gasteiger partial charge < -0.3 is 5.32 Å². The van der Waals surface area contributed by atoms with Crippen LogP contribution in [0.1, 0.15) is 36.2 Å². The molecule has 0 fully saturated rings. The molecule has 0 saturated carbocycles. The van der Waals surface area contributed by atoms with Crippen LogP contribution >= 0.6 is 11.8 Å². The molecule has 1 atom stereocenters. The first-order valence-electron chi connectivity index (χ1n) is 7.45. The first-order valence-corrected chi connectivity index (χ1v) is 8.33. The summed E-state index contributed by atoms with van der Waals surface area (Å²) in [5.41, 5.74) is 1.16. The van der Waals surface area contributed by atoms with Crippen LogP contribution in [0.3, 0.4) is 0 Å². The van der Waals surface area contributed by atoms with Gasteiger partial charge in [0.25, 0.3) is 5.91 Å². The fourth-order valence-corrected chi connectivity index (χ4v) is 3.06. The number of amides is 1. The maximum atomic E-state index is 13.7. The first kappa shape index (κ1) is 17.5. The van der Waals surface area contributed by atoms with E-state index in [-0.39, 0.29) is 5.56 Å². The van der Waals surface area contributed by atoms with Crippen LogP contribution in [0, 0.1) is 18.6 Å². The number of benzene rings is 2. The van der Waals surface area contributed by atoms with Gasteiger partial charge in [-0.2, -0.15) is 0 Å². The fraction of sp³-hybridized carbons (Fsp3) is 0.278. The largest absolute Gasteiger partial charge is 0.322 e. The summed E-state index contributed by atoms with van der Waals surface area (Å²) in [6, 6.07) is 9.24. The average molecular weight is 335 g/mol. The summed E-state index contributed by atoms with van der Waals surface area (Å²) in [7, 11) is 0. The van der Waals surface area contributed by atoms with E-state index < -0.39 is 17.5 Å². The van der Waals surface area contributed by atoms with E-state index in [4.69, 9.17) is 0 Å². The summed E-state index contributed by atoms with van der Waals surface area (Å²) in [5, 5.41) is 3.14. The van der Waals surface area contributed by atoms with Gasteiger partial charge in [-0.15, -0.1) is 11.8 Å². The van der Waals surface area contributed by atoms with Crippen molar-refractivity contribution < 1.29 is 13.6 Å². The van der Waals surface area contributed by atoms with E-state index in [0.29, 0.717) is 10.9 Å². The second-order valence-corrected chi connectivity index (χ2v) is 6.88. The topological polar surface area (TPSA) is 29.1 Å². The van der Waals surface area contributed by atoms with E-state index in [9.17, 15) is 13.6 Å². The fourth-order valence-electron chi connectivity index (χ4n) is 2.03. The molecule has 2 aromatic rings. The van der Waals surface area contributed by atoms with Gasteiger partial charge in [-0.1, -0.05) is 19.9 Å². The predicted molar refractivity (Wildman–Crippen MR) is 91.1 cm³/mol. The van der Waals surface area contributed by atoms with Gasteiger partial charge >= 0.3 is 0 Å². The highest BCUT2D eigenvalue weighted by Gasteiger charge is 2.16. The Morgan fingerprint density at radius 1 is 1.26 bits per heavy atom. The molecule has 0 heterocycles. The normalized spacial score (nSPS) is 12.0. The molecular formula is C18H19F2NOS. The van der Waals surface area contributed by atoms with Crippen LogP contribution in [0.25, 0.3) is 0 Å². The minimum atomic E-state index is -1.13. The number of nitrogens with one attached hydrogen (secondary N) is 1. The van der Waals surface area contributed by atoms with Gasteiger partial charge in [0, 0.05) is 15.8 Å². The highest BCUT2D eigenvalue weighted by molar-refractivity contribution is 7.99. The van der Waals surface area contributed by atoms with Crippen LogP contribution in [-0.2, 0) is 0 Å². The van der Waals surface area contributed by atoms with Crippen molar-refractivity contribution in [2.24, 2.45) is 0 Å². The van der Waals surface area contributed by atoms with Gasteiger partial charge in [-0.25, -0.2) is 8.78 Å². The molecule has 2 rings (SSSR count). The van der Waals surface area contributed by atoms with Crippen molar-refractivity contribution in [2.75, 3.05) is 5.32 Å². The van der Waals surface area contributed by atoms with Gasteiger partial charge in [-0.05, 0) is 49.2 Å². The predicted octanol–water partition coefficient (Wildman–Crippen LogP) is 5.42. The number of anilines is 1. The number of thioether (sulfide) groups is 1. The Hall–Kier alpha value is -1.88. The Balaban J connectivity index is 2.17. The third-order valence-electron chi connectivity index (χ3n) is 3.55. The molecule has 5 heteroatoms. The van der Waals surface area contributed by atoms with Crippen LogP contribution in [0.5, 0.6) is 0 Å². The average Bonchev–Trinajstić information content (AvgIpc) is 2.52. The molecule has 0 spiro atoms. The lowest BCUT2D eigenvalue weighted by atomic mass is 10.1. The standard InChI is InChI=1S/C18H19F2NOS/c1-4-12(3)23-13-8-9-16(11(2)10-13)21-18(22)14-6-5-7-15(19)17(14)20/h5-10,12H,4H2,1-3H3,(H,21,22). The number of rotatable bonds is 5. The summed E-state index contributed by atoms with van der Waals surface area (Å²) < 4.78 is 26.9. The van der Waals surface area contributed by atoms with Crippen molar-refractivity contribution in [3.05, 3.63) is 59.2 Å². The number of halogens is 2. The molecule has 1 amide bonds. The SMILES string of the molecule is CCC(C)Sc1ccc(NC(=O)c2cccc(F)c2F)c(C)c1. The summed E-state index contributed by atoms with van der Waals surface area (Å²) >= 11 is 1.76. The molecule has 23 heavy (non-hydrogen) atoms. The third kappa shape index (κ3) is 4.32. The Kier molecular flexibility index (Phi) is 5.77. The summed E-state index contributed by atoms with van der Waals surface area (Å²) in [5.74, 6) is -2.83. The molecule has 0 aliphatic carbocycles. The second-order valence-electron chi connectivity index (χ2n) is 5.37. The van der Waals surface area contributed by atoms with Crippen molar-refractivity contribution in [1.82, 2.24) is 0 Å². The Bertz CT molecular complexity index is 718. The highest BCUT2D eigenvalue weighted by atomic mass is 32.2. The molecular weight excluding hydrogens is 316 g/mol. The number of hydrogen-bond acceptors (Lipinski definition) is 2. The third-order valence-corrected chi connectivity index (χ3v) is 4.82. The molecule has 0 aliphatic rings. The molecule has 0 bridgehead atoms. The second kappa shape index (κ2) is 7.59. The van der Waals surface area contributed by atoms with Crippen LogP contribution < -0.4 is 5.32 Å². The van der Waals surface area contributed by atoms with Crippen molar-refractivity contribution in [1.29, 1.82) is 0 Å². The van der Waals surface area contributed by atoms with E-state index >= 15 is 0 Å². The van der Waals surface area contributed by atoms with Gasteiger partial charge in [0.15, 0.2) is 11.6 Å². The van der Waals surface area contributed by atoms with E-state index in [1.165, 1.54) is 12.1 Å². The van der Waals surface area contributed by atoms with Crippen molar-refractivity contribution in [2.45, 2.75) is 37.3 Å².